The van der Waals surface area contributed by atoms with Gasteiger partial charge in [-0.2, -0.15) is 0 Å². The van der Waals surface area contributed by atoms with E-state index >= 15 is 0 Å². The zero-order valence-electron chi connectivity index (χ0n) is 28.1. The van der Waals surface area contributed by atoms with E-state index in [-0.39, 0.29) is 10.6 Å². The summed E-state index contributed by atoms with van der Waals surface area (Å²) in [6.07, 6.45) is 0. The van der Waals surface area contributed by atoms with Gasteiger partial charge in [0.2, 0.25) is 5.95 Å². The highest BCUT2D eigenvalue weighted by atomic mass is 79.9. The maximum absolute atomic E-state index is 12.4. The van der Waals surface area contributed by atoms with Crippen LogP contribution in [0.2, 0.25) is 0 Å². The average Bonchev–Trinajstić information content (AvgIpc) is 3.54. The van der Waals surface area contributed by atoms with Crippen LogP contribution in [-0.4, -0.2) is 19.5 Å². The van der Waals surface area contributed by atoms with Crippen LogP contribution in [-0.2, 0) is 0 Å². The molecule has 0 aliphatic carbocycles. The smallest absolute Gasteiger partial charge is 0.277 e. The molecule has 0 radical (unpaired) electrons. The third-order valence-corrected chi connectivity index (χ3v) is 10.7. The molecular formula is C46H27BrN4O2. The number of halogens is 1. The second-order valence-electron chi connectivity index (χ2n) is 13.2. The molecule has 0 fully saturated rings. The van der Waals surface area contributed by atoms with Crippen LogP contribution in [0.3, 0.4) is 0 Å². The maximum atomic E-state index is 12.4. The van der Waals surface area contributed by atoms with E-state index in [0.29, 0.717) is 11.5 Å². The molecule has 2 aromatic heterocycles. The van der Waals surface area contributed by atoms with Crippen LogP contribution in [0.1, 0.15) is 0 Å². The number of hydrogen-bond donors (Lipinski definition) is 0. The van der Waals surface area contributed by atoms with Gasteiger partial charge in [-0.15, -0.1) is 0 Å². The van der Waals surface area contributed by atoms with Crippen LogP contribution in [0.15, 0.2) is 168 Å². The molecule has 0 spiro atoms. The van der Waals surface area contributed by atoms with Gasteiger partial charge in [0, 0.05) is 37.6 Å². The summed E-state index contributed by atoms with van der Waals surface area (Å²) in [5, 5.41) is 19.6. The van der Waals surface area contributed by atoms with Gasteiger partial charge >= 0.3 is 0 Å². The molecule has 250 valence electrons. The Kier molecular flexibility index (Phi) is 7.16. The SMILES string of the molecule is O=[N+]([O-])c1ccc(-c2ccc3c(c2)c2ccccc2n3-c2nc(-c3ccccc3)c3ccc4ccccc4c3n2)cc1-c1cccc2ccc(Br)cc12. The van der Waals surface area contributed by atoms with Gasteiger partial charge in [-0.05, 0) is 81.4 Å². The minimum atomic E-state index is -0.302. The van der Waals surface area contributed by atoms with Crippen LogP contribution in [0.5, 0.6) is 0 Å². The third-order valence-electron chi connectivity index (χ3n) is 10.2. The number of nitrogens with zero attached hydrogens (tertiary/aromatic N) is 4. The van der Waals surface area contributed by atoms with Crippen molar-refractivity contribution >= 4 is 75.9 Å². The predicted octanol–water partition coefficient (Wildman–Crippen LogP) is 12.7. The van der Waals surface area contributed by atoms with Crippen molar-refractivity contribution in [2.24, 2.45) is 0 Å². The number of nitro groups is 1. The lowest BCUT2D eigenvalue weighted by molar-refractivity contribution is -0.384. The van der Waals surface area contributed by atoms with E-state index in [9.17, 15) is 10.1 Å². The van der Waals surface area contributed by atoms with E-state index in [1.54, 1.807) is 6.07 Å². The molecule has 0 aliphatic heterocycles. The molecule has 0 aliphatic rings. The quantitative estimate of drug-likeness (QED) is 0.0998. The van der Waals surface area contributed by atoms with E-state index < -0.39 is 0 Å². The van der Waals surface area contributed by atoms with Gasteiger partial charge in [0.05, 0.1) is 32.7 Å². The van der Waals surface area contributed by atoms with E-state index in [1.807, 2.05) is 84.9 Å². The van der Waals surface area contributed by atoms with Gasteiger partial charge < -0.3 is 0 Å². The average molecular weight is 748 g/mol. The molecule has 53 heavy (non-hydrogen) atoms. The van der Waals surface area contributed by atoms with E-state index in [1.165, 1.54) is 0 Å². The number of rotatable bonds is 5. The highest BCUT2D eigenvalue weighted by Crippen LogP contribution is 2.41. The van der Waals surface area contributed by atoms with Crippen molar-refractivity contribution in [3.05, 3.63) is 178 Å². The third kappa shape index (κ3) is 5.08. The molecule has 0 amide bonds. The highest BCUT2D eigenvalue weighted by Gasteiger charge is 2.21. The molecule has 0 saturated heterocycles. The van der Waals surface area contributed by atoms with Crippen molar-refractivity contribution in [1.82, 2.24) is 14.5 Å². The summed E-state index contributed by atoms with van der Waals surface area (Å²) in [7, 11) is 0. The Bertz CT molecular complexity index is 3120. The monoisotopic (exact) mass is 746 g/mol. The molecule has 6 nitrogen and oxygen atoms in total. The van der Waals surface area contributed by atoms with Gasteiger partial charge in [-0.3, -0.25) is 14.7 Å². The Hall–Kier alpha value is -6.70. The molecule has 0 N–H and O–H groups in total. The molecule has 0 saturated carbocycles. The Morgan fingerprint density at radius 1 is 0.509 bits per heavy atom. The van der Waals surface area contributed by atoms with Crippen molar-refractivity contribution in [3.8, 4) is 39.5 Å². The number of aromatic nitrogens is 3. The number of hydrogen-bond acceptors (Lipinski definition) is 4. The van der Waals surface area contributed by atoms with Crippen LogP contribution >= 0.6 is 15.9 Å². The van der Waals surface area contributed by atoms with Gasteiger partial charge in [-0.25, -0.2) is 9.97 Å². The molecule has 8 aromatic carbocycles. The fraction of sp³-hybridized carbons (Fsp3) is 0. The van der Waals surface area contributed by atoms with E-state index in [2.05, 4.69) is 93.3 Å². The Morgan fingerprint density at radius 3 is 2.08 bits per heavy atom. The van der Waals surface area contributed by atoms with Crippen LogP contribution < -0.4 is 0 Å². The standard InChI is InChI=1S/C46H27BrN4O2/c47-33-21-17-29-12-8-15-35(38(29)27-33)39-25-32(20-24-43(39)51(52)53)31-19-23-42-40(26-31)36-14-6-7-16-41(36)50(42)46-48-44(30-10-2-1-3-11-30)37-22-18-28-9-4-5-13-34(28)45(37)49-46/h1-27H. The van der Waals surface area contributed by atoms with Crippen molar-refractivity contribution in [2.45, 2.75) is 0 Å². The van der Waals surface area contributed by atoms with Crippen LogP contribution in [0.4, 0.5) is 5.69 Å². The molecular weight excluding hydrogens is 720 g/mol. The normalized spacial score (nSPS) is 11.6. The number of nitro benzene ring substituents is 1. The van der Waals surface area contributed by atoms with Gasteiger partial charge in [0.1, 0.15) is 0 Å². The number of fused-ring (bicyclic) bond motifs is 7. The lowest BCUT2D eigenvalue weighted by Crippen LogP contribution is -2.03. The van der Waals surface area contributed by atoms with E-state index in [4.69, 9.17) is 9.97 Å². The Labute approximate surface area is 311 Å². The Balaban J connectivity index is 1.20. The summed E-state index contributed by atoms with van der Waals surface area (Å²) in [5.74, 6) is 0.589. The van der Waals surface area contributed by atoms with Crippen LogP contribution in [0, 0.1) is 10.1 Å². The van der Waals surface area contributed by atoms with Crippen molar-refractivity contribution in [3.63, 3.8) is 0 Å². The van der Waals surface area contributed by atoms with E-state index in [0.717, 1.165) is 86.7 Å². The number of para-hydroxylation sites is 1. The van der Waals surface area contributed by atoms with Crippen molar-refractivity contribution in [2.75, 3.05) is 0 Å². The first-order chi connectivity index (χ1) is 26.0. The maximum Gasteiger partial charge on any atom is 0.277 e. The first-order valence-electron chi connectivity index (χ1n) is 17.3. The molecule has 7 heteroatoms. The van der Waals surface area contributed by atoms with Crippen LogP contribution in [0.25, 0.3) is 93.7 Å². The summed E-state index contributed by atoms with van der Waals surface area (Å²) in [5.41, 5.74) is 8.03. The summed E-state index contributed by atoms with van der Waals surface area (Å²) < 4.78 is 3.06. The minimum Gasteiger partial charge on any atom is -0.278 e. The zero-order valence-corrected chi connectivity index (χ0v) is 29.7. The predicted molar refractivity (Wildman–Crippen MR) is 220 cm³/mol. The van der Waals surface area contributed by atoms with Gasteiger partial charge in [0.25, 0.3) is 5.69 Å². The lowest BCUT2D eigenvalue weighted by atomic mass is 9.93. The Morgan fingerprint density at radius 2 is 1.21 bits per heavy atom. The minimum absolute atomic E-state index is 0.0640. The second kappa shape index (κ2) is 12.2. The summed E-state index contributed by atoms with van der Waals surface area (Å²) in [6, 6.07) is 54.9. The molecule has 0 unspecified atom stereocenters. The summed E-state index contributed by atoms with van der Waals surface area (Å²) in [4.78, 5) is 22.6. The largest absolute Gasteiger partial charge is 0.278 e. The summed E-state index contributed by atoms with van der Waals surface area (Å²) in [6.45, 7) is 0. The topological polar surface area (TPSA) is 73.8 Å². The molecule has 2 heterocycles. The first kappa shape index (κ1) is 31.1. The van der Waals surface area contributed by atoms with Crippen molar-refractivity contribution in [1.29, 1.82) is 0 Å². The highest BCUT2D eigenvalue weighted by molar-refractivity contribution is 9.10. The molecule has 0 atom stereocenters. The fourth-order valence-corrected chi connectivity index (χ4v) is 8.07. The molecule has 10 rings (SSSR count). The summed E-state index contributed by atoms with van der Waals surface area (Å²) >= 11 is 3.59. The first-order valence-corrected chi connectivity index (χ1v) is 18.1. The fourth-order valence-electron chi connectivity index (χ4n) is 7.71. The molecule has 10 aromatic rings. The molecule has 0 bridgehead atoms. The van der Waals surface area contributed by atoms with Crippen molar-refractivity contribution < 1.29 is 4.92 Å². The lowest BCUT2D eigenvalue weighted by Gasteiger charge is -2.13. The number of benzene rings is 8. The van der Waals surface area contributed by atoms with Gasteiger partial charge in [-0.1, -0.05) is 125 Å². The zero-order chi connectivity index (χ0) is 35.6. The second-order valence-corrected chi connectivity index (χ2v) is 14.1. The van der Waals surface area contributed by atoms with Gasteiger partial charge in [0.15, 0.2) is 0 Å².